The Bertz CT molecular complexity index is 621. The zero-order valence-electron chi connectivity index (χ0n) is 11.2. The number of hydrogen-bond donors (Lipinski definition) is 1. The molecule has 0 saturated heterocycles. The van der Waals surface area contributed by atoms with Gasteiger partial charge in [0, 0.05) is 10.9 Å². The molecule has 0 amide bonds. The Labute approximate surface area is 120 Å². The minimum Gasteiger partial charge on any atom is -0.440 e. The maximum Gasteiger partial charge on any atom is 0.323 e. The van der Waals surface area contributed by atoms with Gasteiger partial charge in [-0.15, -0.1) is 0 Å². The van der Waals surface area contributed by atoms with Gasteiger partial charge in [0.15, 0.2) is 0 Å². The van der Waals surface area contributed by atoms with Crippen molar-refractivity contribution in [3.8, 4) is 10.8 Å². The summed E-state index contributed by atoms with van der Waals surface area (Å²) in [5.41, 5.74) is 0.866. The highest BCUT2D eigenvalue weighted by Gasteiger charge is 2.23. The van der Waals surface area contributed by atoms with Crippen molar-refractivity contribution < 1.29 is 14.8 Å². The Kier molecular flexibility index (Phi) is 4.36. The van der Waals surface area contributed by atoms with Crippen molar-refractivity contribution in [2.75, 3.05) is 0 Å². The summed E-state index contributed by atoms with van der Waals surface area (Å²) in [6.45, 7) is 3.56. The minimum absolute atomic E-state index is 0.114. The monoisotopic (exact) mass is 293 g/mol. The highest BCUT2D eigenvalue weighted by Crippen LogP contribution is 2.42. The third-order valence-electron chi connectivity index (χ3n) is 2.86. The van der Waals surface area contributed by atoms with Gasteiger partial charge in [0.2, 0.25) is 0 Å². The third-order valence-corrected chi connectivity index (χ3v) is 4.04. The summed E-state index contributed by atoms with van der Waals surface area (Å²) in [5, 5.41) is 20.8. The predicted molar refractivity (Wildman–Crippen MR) is 77.5 cm³/mol. The molecule has 0 fully saturated rings. The molecule has 1 atom stereocenters. The lowest BCUT2D eigenvalue weighted by Crippen LogP contribution is -1.92. The number of para-hydroxylation sites is 1. The molecular weight excluding hydrogens is 278 g/mol. The zero-order valence-corrected chi connectivity index (χ0v) is 12.0. The van der Waals surface area contributed by atoms with E-state index in [-0.39, 0.29) is 10.8 Å². The Hall–Kier alpha value is -1.92. The van der Waals surface area contributed by atoms with E-state index in [1.165, 1.54) is 6.07 Å². The first-order chi connectivity index (χ1) is 9.52. The molecule has 0 saturated carbocycles. The van der Waals surface area contributed by atoms with Gasteiger partial charge in [-0.05, 0) is 25.0 Å². The summed E-state index contributed by atoms with van der Waals surface area (Å²) >= 11 is 1.10. The predicted octanol–water partition coefficient (Wildman–Crippen LogP) is 4.06. The molecule has 20 heavy (non-hydrogen) atoms. The van der Waals surface area contributed by atoms with Crippen LogP contribution in [0.5, 0.6) is 10.8 Å². The van der Waals surface area contributed by atoms with Gasteiger partial charge in [-0.25, -0.2) is 0 Å². The molecule has 0 bridgehead atoms. The smallest absolute Gasteiger partial charge is 0.323 e. The summed E-state index contributed by atoms with van der Waals surface area (Å²) in [5.74, 6) is 0.608. The number of ether oxygens (including phenoxy) is 1. The molecule has 0 spiro atoms. The van der Waals surface area contributed by atoms with Crippen molar-refractivity contribution in [3.05, 3.63) is 50.9 Å². The lowest BCUT2D eigenvalue weighted by Gasteiger charge is -2.07. The van der Waals surface area contributed by atoms with E-state index in [2.05, 4.69) is 0 Å². The van der Waals surface area contributed by atoms with Crippen LogP contribution in [-0.4, -0.2) is 10.0 Å². The van der Waals surface area contributed by atoms with Crippen LogP contribution in [-0.2, 0) is 6.42 Å². The molecule has 106 valence electrons. The Morgan fingerprint density at radius 1 is 1.45 bits per heavy atom. The molecule has 2 aromatic rings. The highest BCUT2D eigenvalue weighted by atomic mass is 32.1. The van der Waals surface area contributed by atoms with E-state index < -0.39 is 11.0 Å². The van der Waals surface area contributed by atoms with Gasteiger partial charge in [0.25, 0.3) is 5.06 Å². The van der Waals surface area contributed by atoms with Crippen molar-refractivity contribution in [2.24, 2.45) is 0 Å². The van der Waals surface area contributed by atoms with Gasteiger partial charge in [0.05, 0.1) is 11.0 Å². The van der Waals surface area contributed by atoms with Crippen molar-refractivity contribution >= 4 is 17.0 Å². The average molecular weight is 293 g/mol. The zero-order chi connectivity index (χ0) is 14.7. The fourth-order valence-electron chi connectivity index (χ4n) is 1.78. The Balaban J connectivity index is 2.39. The van der Waals surface area contributed by atoms with E-state index in [1.54, 1.807) is 13.0 Å². The fraction of sp³-hybridized carbons (Fsp3) is 0.286. The molecule has 0 unspecified atom stereocenters. The third kappa shape index (κ3) is 2.97. The van der Waals surface area contributed by atoms with Gasteiger partial charge in [-0.3, -0.25) is 10.1 Å². The van der Waals surface area contributed by atoms with Gasteiger partial charge in [0.1, 0.15) is 5.75 Å². The number of benzene rings is 1. The van der Waals surface area contributed by atoms with Crippen LogP contribution < -0.4 is 4.74 Å². The maximum absolute atomic E-state index is 11.1. The quantitative estimate of drug-likeness (QED) is 0.666. The molecule has 5 nitrogen and oxygen atoms in total. The maximum atomic E-state index is 11.1. The second kappa shape index (κ2) is 6.02. The first kappa shape index (κ1) is 14.5. The number of aryl methyl sites for hydroxylation is 1. The summed E-state index contributed by atoms with van der Waals surface area (Å²) in [6, 6.07) is 8.78. The number of rotatable bonds is 5. The molecule has 1 aromatic carbocycles. The second-order valence-electron chi connectivity index (χ2n) is 4.32. The van der Waals surface area contributed by atoms with Crippen LogP contribution in [0.3, 0.4) is 0 Å². The van der Waals surface area contributed by atoms with Crippen molar-refractivity contribution in [1.29, 1.82) is 0 Å². The SMILES string of the molecule is CCc1ccccc1Oc1sc([C@@H](C)O)cc1[N+](=O)[O-]. The molecule has 0 aliphatic heterocycles. The molecule has 0 radical (unpaired) electrons. The largest absolute Gasteiger partial charge is 0.440 e. The summed E-state index contributed by atoms with van der Waals surface area (Å²) in [7, 11) is 0. The van der Waals surface area contributed by atoms with Gasteiger partial charge in [-0.1, -0.05) is 36.5 Å². The van der Waals surface area contributed by atoms with Crippen LogP contribution in [0.1, 0.15) is 30.4 Å². The number of nitrogens with zero attached hydrogens (tertiary/aromatic N) is 1. The summed E-state index contributed by atoms with van der Waals surface area (Å²) in [4.78, 5) is 11.1. The molecule has 2 rings (SSSR count). The van der Waals surface area contributed by atoms with Crippen LogP contribution in [0, 0.1) is 10.1 Å². The van der Waals surface area contributed by atoms with Crippen molar-refractivity contribution in [1.82, 2.24) is 0 Å². The lowest BCUT2D eigenvalue weighted by atomic mass is 10.1. The van der Waals surface area contributed by atoms with E-state index in [1.807, 2.05) is 25.1 Å². The normalized spacial score (nSPS) is 12.2. The molecule has 0 aliphatic rings. The number of hydrogen-bond acceptors (Lipinski definition) is 5. The van der Waals surface area contributed by atoms with Crippen LogP contribution in [0.4, 0.5) is 5.69 Å². The molecule has 1 heterocycles. The van der Waals surface area contributed by atoms with Gasteiger partial charge < -0.3 is 9.84 Å². The summed E-state index contributed by atoms with van der Waals surface area (Å²) in [6.07, 6.45) is 0.0241. The van der Waals surface area contributed by atoms with Crippen LogP contribution >= 0.6 is 11.3 Å². The number of thiophene rings is 1. The topological polar surface area (TPSA) is 72.6 Å². The lowest BCUT2D eigenvalue weighted by molar-refractivity contribution is -0.385. The van der Waals surface area contributed by atoms with E-state index in [0.29, 0.717) is 10.6 Å². The second-order valence-corrected chi connectivity index (χ2v) is 5.36. The van der Waals surface area contributed by atoms with E-state index in [4.69, 9.17) is 4.74 Å². The Morgan fingerprint density at radius 2 is 2.15 bits per heavy atom. The summed E-state index contributed by atoms with van der Waals surface area (Å²) < 4.78 is 5.69. The average Bonchev–Trinajstić information content (AvgIpc) is 2.84. The number of nitro groups is 1. The van der Waals surface area contributed by atoms with E-state index >= 15 is 0 Å². The highest BCUT2D eigenvalue weighted by molar-refractivity contribution is 7.14. The van der Waals surface area contributed by atoms with Crippen LogP contribution in [0.2, 0.25) is 0 Å². The standard InChI is InChI=1S/C14H15NO4S/c1-3-10-6-4-5-7-12(10)19-14-11(15(17)18)8-13(20-14)9(2)16/h4-9,16H,3H2,1-2H3/t9-/m1/s1. The van der Waals surface area contributed by atoms with Gasteiger partial charge >= 0.3 is 5.69 Å². The fourth-order valence-corrected chi connectivity index (χ4v) is 2.71. The molecule has 1 N–H and O–H groups in total. The van der Waals surface area contributed by atoms with Crippen molar-refractivity contribution in [3.63, 3.8) is 0 Å². The van der Waals surface area contributed by atoms with Crippen LogP contribution in [0.15, 0.2) is 30.3 Å². The first-order valence-corrected chi connectivity index (χ1v) is 7.06. The van der Waals surface area contributed by atoms with E-state index in [9.17, 15) is 15.2 Å². The van der Waals surface area contributed by atoms with Crippen LogP contribution in [0.25, 0.3) is 0 Å². The number of aliphatic hydroxyl groups excluding tert-OH is 1. The van der Waals surface area contributed by atoms with Crippen molar-refractivity contribution in [2.45, 2.75) is 26.4 Å². The van der Waals surface area contributed by atoms with E-state index in [0.717, 1.165) is 23.3 Å². The molecule has 1 aromatic heterocycles. The molecule has 6 heteroatoms. The number of aliphatic hydroxyl groups is 1. The minimum atomic E-state index is -0.752. The molecule has 0 aliphatic carbocycles. The first-order valence-electron chi connectivity index (χ1n) is 6.24. The van der Waals surface area contributed by atoms with Gasteiger partial charge in [-0.2, -0.15) is 0 Å². The Morgan fingerprint density at radius 3 is 2.75 bits per heavy atom. The molecular formula is C14H15NO4S.